The number of fused-ring (bicyclic) bond motifs is 1. The third-order valence-electron chi connectivity index (χ3n) is 2.81. The molecule has 0 bridgehead atoms. The summed E-state index contributed by atoms with van der Waals surface area (Å²) in [6.45, 7) is 2.76. The second-order valence-electron chi connectivity index (χ2n) is 4.00. The number of aryl methyl sites for hydroxylation is 1. The Morgan fingerprint density at radius 2 is 2.16 bits per heavy atom. The topological polar surface area (TPSA) is 62.7 Å². The van der Waals surface area contributed by atoms with Crippen LogP contribution in [0, 0.1) is 6.92 Å². The Bertz CT molecular complexity index is 703. The Balaban J connectivity index is 1.91. The SMILES string of the molecule is CNc1nc(NCc2scnc2C)c2ccsc2n1. The summed E-state index contributed by atoms with van der Waals surface area (Å²) < 4.78 is 0. The summed E-state index contributed by atoms with van der Waals surface area (Å²) >= 11 is 3.27. The average molecular weight is 291 g/mol. The minimum atomic E-state index is 0.637. The molecule has 3 aromatic rings. The van der Waals surface area contributed by atoms with Gasteiger partial charge < -0.3 is 10.6 Å². The van der Waals surface area contributed by atoms with E-state index in [0.717, 1.165) is 28.3 Å². The summed E-state index contributed by atoms with van der Waals surface area (Å²) in [5.41, 5.74) is 2.94. The first kappa shape index (κ1) is 12.3. The molecule has 0 unspecified atom stereocenters. The fourth-order valence-corrected chi connectivity index (χ4v) is 3.24. The first-order valence-corrected chi connectivity index (χ1v) is 7.59. The Kier molecular flexibility index (Phi) is 3.31. The Hall–Kier alpha value is -1.73. The Morgan fingerprint density at radius 3 is 2.89 bits per heavy atom. The number of rotatable bonds is 4. The quantitative estimate of drug-likeness (QED) is 0.773. The average Bonchev–Trinajstić information content (AvgIpc) is 3.04. The van der Waals surface area contributed by atoms with Gasteiger partial charge in [0.15, 0.2) is 0 Å². The third-order valence-corrected chi connectivity index (χ3v) is 4.55. The highest BCUT2D eigenvalue weighted by molar-refractivity contribution is 7.16. The minimum absolute atomic E-state index is 0.637. The molecule has 0 saturated carbocycles. The number of anilines is 2. The van der Waals surface area contributed by atoms with E-state index in [1.807, 2.05) is 30.9 Å². The summed E-state index contributed by atoms with van der Waals surface area (Å²) in [5, 5.41) is 9.46. The van der Waals surface area contributed by atoms with Gasteiger partial charge >= 0.3 is 0 Å². The molecule has 0 amide bonds. The van der Waals surface area contributed by atoms with E-state index < -0.39 is 0 Å². The highest BCUT2D eigenvalue weighted by atomic mass is 32.1. The van der Waals surface area contributed by atoms with Gasteiger partial charge in [-0.3, -0.25) is 0 Å². The van der Waals surface area contributed by atoms with Crippen LogP contribution in [0.25, 0.3) is 10.2 Å². The van der Waals surface area contributed by atoms with Crippen molar-refractivity contribution in [3.8, 4) is 0 Å². The van der Waals surface area contributed by atoms with Crippen molar-refractivity contribution in [2.24, 2.45) is 0 Å². The second kappa shape index (κ2) is 5.10. The summed E-state index contributed by atoms with van der Waals surface area (Å²) in [4.78, 5) is 15.4. The van der Waals surface area contributed by atoms with E-state index in [1.165, 1.54) is 4.88 Å². The lowest BCUT2D eigenvalue weighted by Gasteiger charge is -2.07. The molecule has 0 aromatic carbocycles. The van der Waals surface area contributed by atoms with Crippen LogP contribution in [-0.4, -0.2) is 22.0 Å². The van der Waals surface area contributed by atoms with Gasteiger partial charge in [0, 0.05) is 11.9 Å². The van der Waals surface area contributed by atoms with Crippen molar-refractivity contribution < 1.29 is 0 Å². The lowest BCUT2D eigenvalue weighted by atomic mass is 10.3. The smallest absolute Gasteiger partial charge is 0.225 e. The molecule has 98 valence electrons. The van der Waals surface area contributed by atoms with Crippen LogP contribution in [0.4, 0.5) is 11.8 Å². The van der Waals surface area contributed by atoms with Gasteiger partial charge in [-0.2, -0.15) is 4.98 Å². The van der Waals surface area contributed by atoms with E-state index in [0.29, 0.717) is 5.95 Å². The zero-order valence-electron chi connectivity index (χ0n) is 10.6. The number of nitrogens with zero attached hydrogens (tertiary/aromatic N) is 3. The van der Waals surface area contributed by atoms with Crippen molar-refractivity contribution in [3.63, 3.8) is 0 Å². The molecule has 0 aliphatic heterocycles. The van der Waals surface area contributed by atoms with Crippen LogP contribution in [0.1, 0.15) is 10.6 Å². The molecule has 7 heteroatoms. The maximum atomic E-state index is 4.48. The first-order valence-electron chi connectivity index (χ1n) is 5.84. The third kappa shape index (κ3) is 2.39. The molecular weight excluding hydrogens is 278 g/mol. The maximum Gasteiger partial charge on any atom is 0.225 e. The Morgan fingerprint density at radius 1 is 1.26 bits per heavy atom. The molecule has 0 aliphatic rings. The molecule has 2 N–H and O–H groups in total. The number of thiazole rings is 1. The lowest BCUT2D eigenvalue weighted by Crippen LogP contribution is -2.04. The zero-order chi connectivity index (χ0) is 13.2. The van der Waals surface area contributed by atoms with Crippen molar-refractivity contribution in [3.05, 3.63) is 27.5 Å². The summed E-state index contributed by atoms with van der Waals surface area (Å²) in [7, 11) is 1.83. The standard InChI is InChI=1S/C12H13N5S2/c1-7-9(19-6-15-7)5-14-10-8-3-4-18-11(8)17-12(13-2)16-10/h3-4,6H,5H2,1-2H3,(H2,13,14,16,17). The first-order chi connectivity index (χ1) is 9.28. The van der Waals surface area contributed by atoms with E-state index in [9.17, 15) is 0 Å². The van der Waals surface area contributed by atoms with Crippen LogP contribution >= 0.6 is 22.7 Å². The van der Waals surface area contributed by atoms with Crippen molar-refractivity contribution in [2.75, 3.05) is 17.7 Å². The zero-order valence-corrected chi connectivity index (χ0v) is 12.2. The van der Waals surface area contributed by atoms with Gasteiger partial charge in [0.1, 0.15) is 10.6 Å². The number of thiophene rings is 1. The largest absolute Gasteiger partial charge is 0.364 e. The van der Waals surface area contributed by atoms with Crippen LogP contribution in [0.15, 0.2) is 17.0 Å². The van der Waals surface area contributed by atoms with Gasteiger partial charge in [0.2, 0.25) is 5.95 Å². The van der Waals surface area contributed by atoms with Crippen molar-refractivity contribution in [2.45, 2.75) is 13.5 Å². The lowest BCUT2D eigenvalue weighted by molar-refractivity contribution is 1.09. The highest BCUT2D eigenvalue weighted by Crippen LogP contribution is 2.27. The number of nitrogens with one attached hydrogen (secondary N) is 2. The van der Waals surface area contributed by atoms with Crippen LogP contribution < -0.4 is 10.6 Å². The summed E-state index contributed by atoms with van der Waals surface area (Å²) in [6, 6.07) is 2.04. The second-order valence-corrected chi connectivity index (χ2v) is 5.83. The molecule has 19 heavy (non-hydrogen) atoms. The Labute approximate surface area is 118 Å². The molecular formula is C12H13N5S2. The van der Waals surface area contributed by atoms with Crippen LogP contribution in [-0.2, 0) is 6.54 Å². The molecule has 0 aliphatic carbocycles. The summed E-state index contributed by atoms with van der Waals surface area (Å²) in [6.07, 6.45) is 0. The van der Waals surface area contributed by atoms with Crippen LogP contribution in [0.3, 0.4) is 0 Å². The minimum Gasteiger partial charge on any atom is -0.364 e. The van der Waals surface area contributed by atoms with E-state index in [4.69, 9.17) is 0 Å². The maximum absolute atomic E-state index is 4.48. The fourth-order valence-electron chi connectivity index (χ4n) is 1.76. The molecule has 0 saturated heterocycles. The van der Waals surface area contributed by atoms with E-state index in [1.54, 1.807) is 22.7 Å². The number of aromatic nitrogens is 3. The monoisotopic (exact) mass is 291 g/mol. The predicted molar refractivity (Wildman–Crippen MR) is 81.1 cm³/mol. The predicted octanol–water partition coefficient (Wildman–Crippen LogP) is 3.11. The van der Waals surface area contributed by atoms with Gasteiger partial charge in [-0.05, 0) is 18.4 Å². The molecule has 3 aromatic heterocycles. The normalized spacial score (nSPS) is 10.8. The summed E-state index contributed by atoms with van der Waals surface area (Å²) in [5.74, 6) is 1.50. The van der Waals surface area contributed by atoms with Crippen molar-refractivity contribution >= 4 is 44.7 Å². The molecule has 3 rings (SSSR count). The molecule has 0 radical (unpaired) electrons. The van der Waals surface area contributed by atoms with Crippen molar-refractivity contribution in [1.82, 2.24) is 15.0 Å². The molecule has 0 atom stereocenters. The van der Waals surface area contributed by atoms with E-state index in [-0.39, 0.29) is 0 Å². The van der Waals surface area contributed by atoms with Crippen LogP contribution in [0.5, 0.6) is 0 Å². The van der Waals surface area contributed by atoms with Crippen molar-refractivity contribution in [1.29, 1.82) is 0 Å². The highest BCUT2D eigenvalue weighted by Gasteiger charge is 2.09. The molecule has 0 spiro atoms. The fraction of sp³-hybridized carbons (Fsp3) is 0.250. The van der Waals surface area contributed by atoms with E-state index >= 15 is 0 Å². The molecule has 0 fully saturated rings. The van der Waals surface area contributed by atoms with Gasteiger partial charge in [0.05, 0.1) is 23.1 Å². The van der Waals surface area contributed by atoms with Gasteiger partial charge in [0.25, 0.3) is 0 Å². The van der Waals surface area contributed by atoms with Gasteiger partial charge in [-0.15, -0.1) is 22.7 Å². The van der Waals surface area contributed by atoms with Crippen LogP contribution in [0.2, 0.25) is 0 Å². The van der Waals surface area contributed by atoms with Gasteiger partial charge in [-0.1, -0.05) is 0 Å². The number of hydrogen-bond donors (Lipinski definition) is 2. The number of hydrogen-bond acceptors (Lipinski definition) is 7. The van der Waals surface area contributed by atoms with Gasteiger partial charge in [-0.25, -0.2) is 9.97 Å². The molecule has 5 nitrogen and oxygen atoms in total. The van der Waals surface area contributed by atoms with E-state index in [2.05, 4.69) is 25.6 Å². The molecule has 3 heterocycles.